The van der Waals surface area contributed by atoms with Gasteiger partial charge in [-0.05, 0) is 37.1 Å². The highest BCUT2D eigenvalue weighted by Gasteiger charge is 2.15. The predicted octanol–water partition coefficient (Wildman–Crippen LogP) is 3.69. The van der Waals surface area contributed by atoms with Gasteiger partial charge in [0.05, 0.1) is 0 Å². The topological polar surface area (TPSA) is 54.0 Å². The Hall–Kier alpha value is -2.36. The van der Waals surface area contributed by atoms with Crippen LogP contribution in [0.4, 0.5) is 11.4 Å². The number of pyridine rings is 1. The molecule has 0 unspecified atom stereocenters. The first kappa shape index (κ1) is 13.6. The van der Waals surface area contributed by atoms with Crippen LogP contribution in [0.5, 0.6) is 0 Å². The number of anilines is 2. The van der Waals surface area contributed by atoms with Crippen LogP contribution in [0.2, 0.25) is 0 Å². The fourth-order valence-corrected chi connectivity index (χ4v) is 2.67. The fraction of sp³-hybridized carbons (Fsp3) is 0.294. The highest BCUT2D eigenvalue weighted by atomic mass is 16.1. The normalized spacial score (nSPS) is 14.9. The van der Waals surface area contributed by atoms with Crippen molar-refractivity contribution in [3.05, 3.63) is 54.4 Å². The molecule has 0 spiro atoms. The molecule has 108 valence electrons. The van der Waals surface area contributed by atoms with E-state index in [1.807, 2.05) is 42.5 Å². The molecule has 2 aromatic rings. The molecule has 1 aliphatic rings. The Kier molecular flexibility index (Phi) is 4.15. The van der Waals surface area contributed by atoms with Gasteiger partial charge in [-0.1, -0.05) is 31.0 Å². The predicted molar refractivity (Wildman–Crippen MR) is 84.5 cm³/mol. The third-order valence-corrected chi connectivity index (χ3v) is 3.75. The highest BCUT2D eigenvalue weighted by molar-refractivity contribution is 6.03. The summed E-state index contributed by atoms with van der Waals surface area (Å²) in [6.45, 7) is 0. The Bertz CT molecular complexity index is 606. The summed E-state index contributed by atoms with van der Waals surface area (Å²) in [5.74, 6) is -0.184. The van der Waals surface area contributed by atoms with Crippen molar-refractivity contribution >= 4 is 17.3 Å². The number of nitrogens with zero attached hydrogens (tertiary/aromatic N) is 1. The third kappa shape index (κ3) is 3.60. The number of para-hydroxylation sites is 1. The number of rotatable bonds is 4. The molecule has 0 saturated heterocycles. The van der Waals surface area contributed by atoms with E-state index >= 15 is 0 Å². The molecular weight excluding hydrogens is 262 g/mol. The monoisotopic (exact) mass is 281 g/mol. The Balaban J connectivity index is 1.68. The second-order valence-electron chi connectivity index (χ2n) is 5.38. The summed E-state index contributed by atoms with van der Waals surface area (Å²) in [7, 11) is 0. The zero-order valence-electron chi connectivity index (χ0n) is 11.9. The Labute approximate surface area is 124 Å². The maximum absolute atomic E-state index is 12.2. The number of carbonyl (C=O) groups excluding carboxylic acids is 1. The number of amides is 1. The van der Waals surface area contributed by atoms with Gasteiger partial charge in [-0.3, -0.25) is 9.78 Å². The first-order valence-corrected chi connectivity index (χ1v) is 7.40. The molecule has 2 N–H and O–H groups in total. The van der Waals surface area contributed by atoms with E-state index < -0.39 is 0 Å². The van der Waals surface area contributed by atoms with E-state index in [9.17, 15) is 4.79 Å². The van der Waals surface area contributed by atoms with Gasteiger partial charge < -0.3 is 10.6 Å². The summed E-state index contributed by atoms with van der Waals surface area (Å²) >= 11 is 0. The SMILES string of the molecule is O=C(Nc1ccccc1)c1cc(NC2CCCC2)ccn1. The number of nitrogens with one attached hydrogen (secondary N) is 2. The zero-order chi connectivity index (χ0) is 14.5. The van der Waals surface area contributed by atoms with Gasteiger partial charge in [-0.25, -0.2) is 0 Å². The van der Waals surface area contributed by atoms with Crippen molar-refractivity contribution in [1.29, 1.82) is 0 Å². The molecule has 4 heteroatoms. The molecule has 0 bridgehead atoms. The minimum Gasteiger partial charge on any atom is -0.382 e. The second-order valence-corrected chi connectivity index (χ2v) is 5.38. The van der Waals surface area contributed by atoms with E-state index in [1.165, 1.54) is 25.7 Å². The van der Waals surface area contributed by atoms with Gasteiger partial charge in [0.1, 0.15) is 5.69 Å². The number of carbonyl (C=O) groups is 1. The maximum atomic E-state index is 12.2. The van der Waals surface area contributed by atoms with Crippen LogP contribution in [-0.2, 0) is 0 Å². The molecule has 1 heterocycles. The number of aromatic nitrogens is 1. The number of benzene rings is 1. The van der Waals surface area contributed by atoms with Crippen LogP contribution in [-0.4, -0.2) is 16.9 Å². The minimum atomic E-state index is -0.184. The Morgan fingerprint density at radius 3 is 2.57 bits per heavy atom. The lowest BCUT2D eigenvalue weighted by molar-refractivity contribution is 0.102. The van der Waals surface area contributed by atoms with Gasteiger partial charge >= 0.3 is 0 Å². The molecule has 21 heavy (non-hydrogen) atoms. The van der Waals surface area contributed by atoms with Crippen LogP contribution >= 0.6 is 0 Å². The Morgan fingerprint density at radius 2 is 1.81 bits per heavy atom. The van der Waals surface area contributed by atoms with Crippen LogP contribution in [0.25, 0.3) is 0 Å². The molecule has 0 aliphatic heterocycles. The van der Waals surface area contributed by atoms with Gasteiger partial charge in [0.25, 0.3) is 5.91 Å². The van der Waals surface area contributed by atoms with Gasteiger partial charge in [-0.2, -0.15) is 0 Å². The smallest absolute Gasteiger partial charge is 0.274 e. The fourth-order valence-electron chi connectivity index (χ4n) is 2.67. The molecule has 3 rings (SSSR count). The zero-order valence-corrected chi connectivity index (χ0v) is 11.9. The second kappa shape index (κ2) is 6.39. The van der Waals surface area contributed by atoms with E-state index in [0.29, 0.717) is 11.7 Å². The van der Waals surface area contributed by atoms with E-state index in [0.717, 1.165) is 11.4 Å². The summed E-state index contributed by atoms with van der Waals surface area (Å²) in [6, 6.07) is 13.7. The molecular formula is C17H19N3O. The van der Waals surface area contributed by atoms with Crippen molar-refractivity contribution in [2.75, 3.05) is 10.6 Å². The van der Waals surface area contributed by atoms with Gasteiger partial charge in [0.15, 0.2) is 0 Å². The van der Waals surface area contributed by atoms with Crippen molar-refractivity contribution in [1.82, 2.24) is 4.98 Å². The molecule has 4 nitrogen and oxygen atoms in total. The molecule has 1 aromatic heterocycles. The van der Waals surface area contributed by atoms with Crippen LogP contribution in [0, 0.1) is 0 Å². The standard InChI is InChI=1S/C17H19N3O/c21-17(20-14-6-2-1-3-7-14)16-12-15(10-11-18-16)19-13-8-4-5-9-13/h1-3,6-7,10-13H,4-5,8-9H2,(H,18,19)(H,20,21). The molecule has 1 saturated carbocycles. The first-order valence-electron chi connectivity index (χ1n) is 7.40. The summed E-state index contributed by atoms with van der Waals surface area (Å²) in [4.78, 5) is 16.4. The molecule has 1 aromatic carbocycles. The molecule has 1 amide bonds. The van der Waals surface area contributed by atoms with Crippen LogP contribution in [0.15, 0.2) is 48.7 Å². The molecule has 1 fully saturated rings. The lowest BCUT2D eigenvalue weighted by Crippen LogP contribution is -2.17. The van der Waals surface area contributed by atoms with Crippen molar-refractivity contribution in [2.24, 2.45) is 0 Å². The third-order valence-electron chi connectivity index (χ3n) is 3.75. The van der Waals surface area contributed by atoms with E-state index in [2.05, 4.69) is 15.6 Å². The maximum Gasteiger partial charge on any atom is 0.274 e. The average molecular weight is 281 g/mol. The largest absolute Gasteiger partial charge is 0.382 e. The highest BCUT2D eigenvalue weighted by Crippen LogP contribution is 2.22. The van der Waals surface area contributed by atoms with Crippen LogP contribution in [0.1, 0.15) is 36.2 Å². The summed E-state index contributed by atoms with van der Waals surface area (Å²) in [5.41, 5.74) is 2.18. The van der Waals surface area contributed by atoms with Crippen molar-refractivity contribution in [3.8, 4) is 0 Å². The van der Waals surface area contributed by atoms with E-state index in [1.54, 1.807) is 6.20 Å². The van der Waals surface area contributed by atoms with E-state index in [4.69, 9.17) is 0 Å². The number of hydrogen-bond acceptors (Lipinski definition) is 3. The van der Waals surface area contributed by atoms with Gasteiger partial charge in [0, 0.05) is 23.6 Å². The minimum absolute atomic E-state index is 0.184. The van der Waals surface area contributed by atoms with Crippen molar-refractivity contribution < 1.29 is 4.79 Å². The average Bonchev–Trinajstić information content (AvgIpc) is 3.01. The number of hydrogen-bond donors (Lipinski definition) is 2. The lowest BCUT2D eigenvalue weighted by atomic mass is 10.2. The molecule has 0 atom stereocenters. The quantitative estimate of drug-likeness (QED) is 0.898. The Morgan fingerprint density at radius 1 is 1.05 bits per heavy atom. The van der Waals surface area contributed by atoms with Crippen LogP contribution < -0.4 is 10.6 Å². The van der Waals surface area contributed by atoms with E-state index in [-0.39, 0.29) is 5.91 Å². The first-order chi connectivity index (χ1) is 10.3. The summed E-state index contributed by atoms with van der Waals surface area (Å²) in [5, 5.41) is 6.33. The molecule has 0 radical (unpaired) electrons. The van der Waals surface area contributed by atoms with Crippen molar-refractivity contribution in [2.45, 2.75) is 31.7 Å². The van der Waals surface area contributed by atoms with Crippen LogP contribution in [0.3, 0.4) is 0 Å². The lowest BCUT2D eigenvalue weighted by Gasteiger charge is -2.14. The molecule has 1 aliphatic carbocycles. The van der Waals surface area contributed by atoms with Gasteiger partial charge in [0.2, 0.25) is 0 Å². The van der Waals surface area contributed by atoms with Crippen molar-refractivity contribution in [3.63, 3.8) is 0 Å². The summed E-state index contributed by atoms with van der Waals surface area (Å²) in [6.07, 6.45) is 6.65. The van der Waals surface area contributed by atoms with Gasteiger partial charge in [-0.15, -0.1) is 0 Å². The summed E-state index contributed by atoms with van der Waals surface area (Å²) < 4.78 is 0.